The number of carbonyl (C=O) groups excluding carboxylic acids is 1. The Morgan fingerprint density at radius 1 is 1.41 bits per heavy atom. The molecule has 0 unspecified atom stereocenters. The molecule has 6 heteroatoms. The van der Waals surface area contributed by atoms with Crippen molar-refractivity contribution in [2.75, 3.05) is 32.8 Å². The Bertz CT molecular complexity index is 517. The summed E-state index contributed by atoms with van der Waals surface area (Å²) in [6.45, 7) is 3.81. The molecule has 1 fully saturated rings. The third-order valence-corrected chi connectivity index (χ3v) is 4.20. The lowest BCUT2D eigenvalue weighted by molar-refractivity contribution is 0.0865. The van der Waals surface area contributed by atoms with Gasteiger partial charge in [0.25, 0.3) is 5.91 Å². The Hall–Kier alpha value is -1.63. The van der Waals surface area contributed by atoms with Gasteiger partial charge in [-0.2, -0.15) is 0 Å². The van der Waals surface area contributed by atoms with E-state index in [2.05, 4.69) is 5.32 Å². The van der Waals surface area contributed by atoms with Crippen LogP contribution in [0.5, 0.6) is 5.75 Å². The summed E-state index contributed by atoms with van der Waals surface area (Å²) in [7, 11) is 0. The van der Waals surface area contributed by atoms with Gasteiger partial charge < -0.3 is 20.6 Å². The topological polar surface area (TPSA) is 93.0 Å². The molecule has 6 nitrogen and oxygen atoms in total. The normalized spacial score (nSPS) is 18.8. The summed E-state index contributed by atoms with van der Waals surface area (Å²) >= 11 is 0. The third kappa shape index (κ3) is 3.97. The predicted octanol–water partition coefficient (Wildman–Crippen LogP) is 0.106. The number of benzene rings is 1. The van der Waals surface area contributed by atoms with E-state index in [1.807, 2.05) is 11.8 Å². The number of likely N-dealkylation sites (tertiary alicyclic amines) is 1. The van der Waals surface area contributed by atoms with E-state index in [4.69, 9.17) is 0 Å². The molecule has 122 valence electrons. The summed E-state index contributed by atoms with van der Waals surface area (Å²) in [4.78, 5) is 14.2. The van der Waals surface area contributed by atoms with Gasteiger partial charge in [0.05, 0.1) is 24.8 Å². The highest BCUT2D eigenvalue weighted by Crippen LogP contribution is 2.20. The molecule has 1 aromatic rings. The number of hydrogen-bond acceptors (Lipinski definition) is 5. The van der Waals surface area contributed by atoms with Crippen LogP contribution in [-0.2, 0) is 0 Å². The molecule has 0 radical (unpaired) electrons. The van der Waals surface area contributed by atoms with Gasteiger partial charge in [-0.1, -0.05) is 11.6 Å². The number of amides is 1. The SMILES string of the molecule is Cc1ccc(O)c(C(=O)NC[C@@H]2CCN(C(CO)CO)C2)c1. The lowest BCUT2D eigenvalue weighted by Gasteiger charge is -2.24. The first-order valence-electron chi connectivity index (χ1n) is 7.58. The highest BCUT2D eigenvalue weighted by molar-refractivity contribution is 5.96. The van der Waals surface area contributed by atoms with Crippen molar-refractivity contribution in [3.63, 3.8) is 0 Å². The summed E-state index contributed by atoms with van der Waals surface area (Å²) in [6, 6.07) is 4.72. The first kappa shape index (κ1) is 16.7. The van der Waals surface area contributed by atoms with Gasteiger partial charge in [0.15, 0.2) is 0 Å². The maximum Gasteiger partial charge on any atom is 0.255 e. The van der Waals surface area contributed by atoms with Gasteiger partial charge >= 0.3 is 0 Å². The number of rotatable bonds is 6. The second kappa shape index (κ2) is 7.58. The minimum absolute atomic E-state index is 0.0169. The zero-order valence-corrected chi connectivity index (χ0v) is 12.8. The van der Waals surface area contributed by atoms with E-state index in [0.29, 0.717) is 12.1 Å². The fraction of sp³-hybridized carbons (Fsp3) is 0.562. The van der Waals surface area contributed by atoms with Gasteiger partial charge in [-0.05, 0) is 37.9 Å². The summed E-state index contributed by atoms with van der Waals surface area (Å²) < 4.78 is 0. The van der Waals surface area contributed by atoms with Gasteiger partial charge in [0.1, 0.15) is 5.75 Å². The standard InChI is InChI=1S/C16H24N2O4/c1-11-2-3-15(21)14(6-11)16(22)17-7-12-4-5-18(8-12)13(9-19)10-20/h2-3,6,12-13,19-21H,4-5,7-10H2,1H3,(H,17,22)/t12-/m0/s1. The zero-order chi connectivity index (χ0) is 16.1. The van der Waals surface area contributed by atoms with Crippen molar-refractivity contribution >= 4 is 5.91 Å². The van der Waals surface area contributed by atoms with E-state index >= 15 is 0 Å². The molecule has 2 rings (SSSR count). The lowest BCUT2D eigenvalue weighted by Crippen LogP contribution is -2.40. The molecule has 0 aromatic heterocycles. The van der Waals surface area contributed by atoms with E-state index in [1.165, 1.54) is 6.07 Å². The van der Waals surface area contributed by atoms with Gasteiger partial charge in [-0.25, -0.2) is 0 Å². The molecule has 0 aliphatic carbocycles. The van der Waals surface area contributed by atoms with Gasteiger partial charge in [-0.3, -0.25) is 9.69 Å². The molecule has 0 bridgehead atoms. The predicted molar refractivity (Wildman–Crippen MR) is 82.8 cm³/mol. The van der Waals surface area contributed by atoms with E-state index < -0.39 is 0 Å². The maximum atomic E-state index is 12.1. The molecule has 22 heavy (non-hydrogen) atoms. The van der Waals surface area contributed by atoms with Crippen LogP contribution in [0.4, 0.5) is 0 Å². The quantitative estimate of drug-likeness (QED) is 0.598. The molecule has 1 aromatic carbocycles. The number of nitrogens with one attached hydrogen (secondary N) is 1. The van der Waals surface area contributed by atoms with Crippen LogP contribution in [-0.4, -0.2) is 65.0 Å². The molecule has 0 spiro atoms. The highest BCUT2D eigenvalue weighted by Gasteiger charge is 2.27. The average molecular weight is 308 g/mol. The maximum absolute atomic E-state index is 12.1. The van der Waals surface area contributed by atoms with Crippen molar-refractivity contribution in [2.45, 2.75) is 19.4 Å². The molecule has 1 saturated heterocycles. The van der Waals surface area contributed by atoms with Crippen LogP contribution in [0.25, 0.3) is 0 Å². The molecule has 1 atom stereocenters. The fourth-order valence-corrected chi connectivity index (χ4v) is 2.81. The van der Waals surface area contributed by atoms with Crippen LogP contribution in [0.1, 0.15) is 22.3 Å². The lowest BCUT2D eigenvalue weighted by atomic mass is 10.1. The van der Waals surface area contributed by atoms with Crippen molar-refractivity contribution in [3.8, 4) is 5.75 Å². The van der Waals surface area contributed by atoms with Gasteiger partial charge in [0.2, 0.25) is 0 Å². The number of nitrogens with zero attached hydrogens (tertiary/aromatic N) is 1. The van der Waals surface area contributed by atoms with E-state index in [1.54, 1.807) is 12.1 Å². The molecular weight excluding hydrogens is 284 g/mol. The monoisotopic (exact) mass is 308 g/mol. The van der Waals surface area contributed by atoms with Gasteiger partial charge in [0, 0.05) is 13.1 Å². The first-order valence-corrected chi connectivity index (χ1v) is 7.58. The van der Waals surface area contributed by atoms with Crippen LogP contribution in [0.15, 0.2) is 18.2 Å². The van der Waals surface area contributed by atoms with Crippen molar-refractivity contribution in [3.05, 3.63) is 29.3 Å². The highest BCUT2D eigenvalue weighted by atomic mass is 16.3. The number of aryl methyl sites for hydroxylation is 1. The van der Waals surface area contributed by atoms with Crippen molar-refractivity contribution in [2.24, 2.45) is 5.92 Å². The Labute approximate surface area is 130 Å². The molecule has 4 N–H and O–H groups in total. The van der Waals surface area contributed by atoms with Crippen molar-refractivity contribution < 1.29 is 20.1 Å². The summed E-state index contributed by atoms with van der Waals surface area (Å²) in [5.74, 6) is -0.00575. The molecule has 1 aliphatic rings. The Kier molecular flexibility index (Phi) is 5.76. The van der Waals surface area contributed by atoms with E-state index in [0.717, 1.165) is 25.1 Å². The molecule has 1 aliphatic heterocycles. The van der Waals surface area contributed by atoms with Crippen molar-refractivity contribution in [1.29, 1.82) is 0 Å². The van der Waals surface area contributed by atoms with E-state index in [9.17, 15) is 20.1 Å². The van der Waals surface area contributed by atoms with Crippen LogP contribution >= 0.6 is 0 Å². The van der Waals surface area contributed by atoms with Gasteiger partial charge in [-0.15, -0.1) is 0 Å². The number of aliphatic hydroxyl groups is 2. The number of phenolic OH excluding ortho intramolecular Hbond substituents is 1. The zero-order valence-electron chi connectivity index (χ0n) is 12.8. The average Bonchev–Trinajstić information content (AvgIpc) is 2.97. The van der Waals surface area contributed by atoms with Crippen molar-refractivity contribution in [1.82, 2.24) is 10.2 Å². The fourth-order valence-electron chi connectivity index (χ4n) is 2.81. The summed E-state index contributed by atoms with van der Waals surface area (Å²) in [6.07, 6.45) is 0.913. The second-order valence-electron chi connectivity index (χ2n) is 5.90. The summed E-state index contributed by atoms with van der Waals surface area (Å²) in [5, 5.41) is 31.0. The number of carbonyl (C=O) groups is 1. The molecule has 0 saturated carbocycles. The Morgan fingerprint density at radius 3 is 2.82 bits per heavy atom. The molecule has 1 heterocycles. The van der Waals surface area contributed by atoms with Crippen LogP contribution in [0.3, 0.4) is 0 Å². The third-order valence-electron chi connectivity index (χ3n) is 4.20. The van der Waals surface area contributed by atoms with Crippen LogP contribution < -0.4 is 5.32 Å². The Balaban J connectivity index is 1.86. The smallest absolute Gasteiger partial charge is 0.255 e. The van der Waals surface area contributed by atoms with Crippen LogP contribution in [0.2, 0.25) is 0 Å². The number of phenols is 1. The number of hydrogen-bond donors (Lipinski definition) is 4. The minimum atomic E-state index is -0.277. The number of aromatic hydroxyl groups is 1. The molecular formula is C16H24N2O4. The summed E-state index contributed by atoms with van der Waals surface area (Å²) in [5.41, 5.74) is 1.21. The molecule has 1 amide bonds. The van der Waals surface area contributed by atoms with E-state index in [-0.39, 0.29) is 36.8 Å². The Morgan fingerprint density at radius 2 is 2.14 bits per heavy atom. The second-order valence-corrected chi connectivity index (χ2v) is 5.90. The largest absolute Gasteiger partial charge is 0.507 e. The first-order chi connectivity index (χ1) is 10.5. The number of aliphatic hydroxyl groups excluding tert-OH is 2. The van der Waals surface area contributed by atoms with Crippen LogP contribution in [0, 0.1) is 12.8 Å². The minimum Gasteiger partial charge on any atom is -0.507 e.